The molecule has 0 saturated carbocycles. The molecule has 232 valence electrons. The topological polar surface area (TPSA) is 61.8 Å². The molecular weight excluding hydrogens is 560 g/mol. The van der Waals surface area contributed by atoms with Gasteiger partial charge in [0.25, 0.3) is 0 Å². The van der Waals surface area contributed by atoms with Crippen LogP contribution < -0.4 is 9.47 Å². The van der Waals surface area contributed by atoms with Gasteiger partial charge in [-0.05, 0) is 72.6 Å². The molecule has 0 unspecified atom stereocenters. The molecule has 0 aromatic heterocycles. The predicted molar refractivity (Wildman–Crippen MR) is 174 cm³/mol. The van der Waals surface area contributed by atoms with Crippen molar-refractivity contribution in [3.8, 4) is 11.5 Å². The Hall–Kier alpha value is -3.31. The molecule has 0 heterocycles. The second kappa shape index (κ2) is 20.6. The summed E-state index contributed by atoms with van der Waals surface area (Å²) in [7, 11) is 0. The first kappa shape index (κ1) is 34.2. The SMILES string of the molecule is CCCCCCCCCCCCCCCCOc1ccc(C(=O)Oc2ccc(C(=O)OCc3ccc(Cl)cc3)cc2)cc1. The third-order valence-corrected chi connectivity index (χ3v) is 7.69. The van der Waals surface area contributed by atoms with Crippen molar-refractivity contribution in [2.45, 2.75) is 103 Å². The zero-order chi connectivity index (χ0) is 30.5. The van der Waals surface area contributed by atoms with Gasteiger partial charge in [0, 0.05) is 5.02 Å². The van der Waals surface area contributed by atoms with E-state index in [1.165, 1.54) is 83.5 Å². The Kier molecular flexibility index (Phi) is 16.4. The molecule has 0 spiro atoms. The van der Waals surface area contributed by atoms with Crippen molar-refractivity contribution in [3.05, 3.63) is 94.5 Å². The summed E-state index contributed by atoms with van der Waals surface area (Å²) in [4.78, 5) is 24.9. The van der Waals surface area contributed by atoms with Crippen LogP contribution in [0.5, 0.6) is 11.5 Å². The van der Waals surface area contributed by atoms with E-state index < -0.39 is 11.9 Å². The third kappa shape index (κ3) is 14.1. The normalized spacial score (nSPS) is 10.8. The van der Waals surface area contributed by atoms with E-state index in [1.807, 2.05) is 0 Å². The molecule has 43 heavy (non-hydrogen) atoms. The van der Waals surface area contributed by atoms with Crippen LogP contribution in [0.15, 0.2) is 72.8 Å². The van der Waals surface area contributed by atoms with Gasteiger partial charge in [-0.3, -0.25) is 0 Å². The highest BCUT2D eigenvalue weighted by Gasteiger charge is 2.12. The van der Waals surface area contributed by atoms with Gasteiger partial charge in [0.2, 0.25) is 0 Å². The lowest BCUT2D eigenvalue weighted by Gasteiger charge is -2.08. The van der Waals surface area contributed by atoms with Crippen molar-refractivity contribution in [2.75, 3.05) is 6.61 Å². The zero-order valence-corrected chi connectivity index (χ0v) is 26.4. The fourth-order valence-corrected chi connectivity index (χ4v) is 4.94. The summed E-state index contributed by atoms with van der Waals surface area (Å²) in [6, 6.07) is 20.4. The van der Waals surface area contributed by atoms with E-state index >= 15 is 0 Å². The van der Waals surface area contributed by atoms with Gasteiger partial charge in [0.1, 0.15) is 18.1 Å². The van der Waals surface area contributed by atoms with E-state index in [1.54, 1.807) is 72.8 Å². The number of benzene rings is 3. The number of hydrogen-bond acceptors (Lipinski definition) is 5. The van der Waals surface area contributed by atoms with Gasteiger partial charge in [-0.1, -0.05) is 114 Å². The molecule has 0 radical (unpaired) electrons. The highest BCUT2D eigenvalue weighted by molar-refractivity contribution is 6.30. The molecule has 0 bridgehead atoms. The van der Waals surface area contributed by atoms with Crippen molar-refractivity contribution >= 4 is 23.5 Å². The Bertz CT molecular complexity index is 1190. The lowest BCUT2D eigenvalue weighted by atomic mass is 10.0. The number of carbonyl (C=O) groups excluding carboxylic acids is 2. The Labute approximate surface area is 262 Å². The number of esters is 2. The molecule has 0 amide bonds. The van der Waals surface area contributed by atoms with Crippen LogP contribution in [0.25, 0.3) is 0 Å². The summed E-state index contributed by atoms with van der Waals surface area (Å²) < 4.78 is 16.7. The highest BCUT2D eigenvalue weighted by atomic mass is 35.5. The minimum absolute atomic E-state index is 0.145. The molecule has 3 aromatic rings. The smallest absolute Gasteiger partial charge is 0.343 e. The molecule has 0 fully saturated rings. The average molecular weight is 607 g/mol. The number of carbonyl (C=O) groups is 2. The van der Waals surface area contributed by atoms with Crippen LogP contribution in [0.3, 0.4) is 0 Å². The maximum atomic E-state index is 12.6. The first-order chi connectivity index (χ1) is 21.0. The van der Waals surface area contributed by atoms with Gasteiger partial charge in [-0.15, -0.1) is 0 Å². The van der Waals surface area contributed by atoms with Gasteiger partial charge in [-0.25, -0.2) is 9.59 Å². The second-order valence-corrected chi connectivity index (χ2v) is 11.5. The van der Waals surface area contributed by atoms with Gasteiger partial charge >= 0.3 is 11.9 Å². The largest absolute Gasteiger partial charge is 0.494 e. The van der Waals surface area contributed by atoms with E-state index in [0.717, 1.165) is 17.7 Å². The minimum Gasteiger partial charge on any atom is -0.494 e. The van der Waals surface area contributed by atoms with Gasteiger partial charge < -0.3 is 14.2 Å². The van der Waals surface area contributed by atoms with Crippen molar-refractivity contribution < 1.29 is 23.8 Å². The third-order valence-electron chi connectivity index (χ3n) is 7.44. The number of ether oxygens (including phenoxy) is 3. The quantitative estimate of drug-likeness (QED) is 0.0685. The molecule has 0 aliphatic heterocycles. The van der Waals surface area contributed by atoms with Crippen LogP contribution in [-0.4, -0.2) is 18.5 Å². The maximum Gasteiger partial charge on any atom is 0.343 e. The van der Waals surface area contributed by atoms with Crippen LogP contribution in [-0.2, 0) is 11.3 Å². The van der Waals surface area contributed by atoms with Crippen LogP contribution in [0.1, 0.15) is 123 Å². The average Bonchev–Trinajstić information content (AvgIpc) is 3.03. The van der Waals surface area contributed by atoms with Gasteiger partial charge in [-0.2, -0.15) is 0 Å². The van der Waals surface area contributed by atoms with E-state index in [2.05, 4.69) is 6.92 Å². The lowest BCUT2D eigenvalue weighted by molar-refractivity contribution is 0.0472. The fraction of sp³-hybridized carbons (Fsp3) is 0.459. The molecule has 0 N–H and O–H groups in total. The molecule has 0 aliphatic carbocycles. The van der Waals surface area contributed by atoms with Gasteiger partial charge in [0.15, 0.2) is 0 Å². The van der Waals surface area contributed by atoms with Crippen molar-refractivity contribution in [2.24, 2.45) is 0 Å². The minimum atomic E-state index is -0.475. The summed E-state index contributed by atoms with van der Waals surface area (Å²) in [5, 5.41) is 0.625. The Morgan fingerprint density at radius 3 is 1.56 bits per heavy atom. The summed E-state index contributed by atoms with van der Waals surface area (Å²) in [5.41, 5.74) is 1.64. The Morgan fingerprint density at radius 2 is 1.02 bits per heavy atom. The number of halogens is 1. The zero-order valence-electron chi connectivity index (χ0n) is 25.7. The van der Waals surface area contributed by atoms with Crippen molar-refractivity contribution in [1.29, 1.82) is 0 Å². The summed E-state index contributed by atoms with van der Waals surface area (Å²) in [6.45, 7) is 3.09. The fourth-order valence-electron chi connectivity index (χ4n) is 4.81. The molecule has 0 saturated heterocycles. The Balaban J connectivity index is 1.24. The number of hydrogen-bond donors (Lipinski definition) is 0. The van der Waals surface area contributed by atoms with Crippen LogP contribution in [0.2, 0.25) is 5.02 Å². The second-order valence-electron chi connectivity index (χ2n) is 11.1. The molecule has 5 nitrogen and oxygen atoms in total. The molecule has 6 heteroatoms. The monoisotopic (exact) mass is 606 g/mol. The van der Waals surface area contributed by atoms with E-state index in [9.17, 15) is 9.59 Å². The van der Waals surface area contributed by atoms with Crippen LogP contribution in [0.4, 0.5) is 0 Å². The molecule has 0 aliphatic rings. The molecule has 3 aromatic carbocycles. The van der Waals surface area contributed by atoms with Crippen molar-refractivity contribution in [1.82, 2.24) is 0 Å². The lowest BCUT2D eigenvalue weighted by Crippen LogP contribution is -2.09. The molecular formula is C37H47ClO5. The van der Waals surface area contributed by atoms with Crippen molar-refractivity contribution in [3.63, 3.8) is 0 Å². The first-order valence-corrected chi connectivity index (χ1v) is 16.4. The summed E-state index contributed by atoms with van der Waals surface area (Å²) in [5.74, 6) is 0.152. The maximum absolute atomic E-state index is 12.6. The molecule has 0 atom stereocenters. The summed E-state index contributed by atoms with van der Waals surface area (Å²) in [6.07, 6.45) is 18.6. The van der Waals surface area contributed by atoms with Crippen LogP contribution in [0, 0.1) is 0 Å². The van der Waals surface area contributed by atoms with Gasteiger partial charge in [0.05, 0.1) is 17.7 Å². The molecule has 3 rings (SSSR count). The Morgan fingerprint density at radius 1 is 0.558 bits per heavy atom. The van der Waals surface area contributed by atoms with E-state index in [4.69, 9.17) is 25.8 Å². The predicted octanol–water partition coefficient (Wildman–Crippen LogP) is 10.8. The first-order valence-electron chi connectivity index (χ1n) is 16.0. The highest BCUT2D eigenvalue weighted by Crippen LogP contribution is 2.19. The standard InChI is InChI=1S/C37H47ClO5/c1-2-3-4-5-6-7-8-9-10-11-12-13-14-15-28-41-34-24-18-32(19-25-34)37(40)43-35-26-20-31(21-27-35)36(39)42-29-30-16-22-33(38)23-17-30/h16-27H,2-15,28-29H2,1H3. The van der Waals surface area contributed by atoms with E-state index in [0.29, 0.717) is 28.5 Å². The van der Waals surface area contributed by atoms with E-state index in [-0.39, 0.29) is 6.61 Å². The van der Waals surface area contributed by atoms with Crippen LogP contribution >= 0.6 is 11.6 Å². The number of rotatable bonds is 21. The number of unbranched alkanes of at least 4 members (excludes halogenated alkanes) is 13. The summed E-state index contributed by atoms with van der Waals surface area (Å²) >= 11 is 5.88.